The molecule has 176 valence electrons. The fourth-order valence-corrected chi connectivity index (χ4v) is 3.96. The van der Waals surface area contributed by atoms with Gasteiger partial charge in [-0.15, -0.1) is 0 Å². The molecule has 1 unspecified atom stereocenters. The third-order valence-electron chi connectivity index (χ3n) is 5.59. The number of para-hydroxylation sites is 1. The lowest BCUT2D eigenvalue weighted by Crippen LogP contribution is -2.29. The smallest absolute Gasteiger partial charge is 0.296 e. The summed E-state index contributed by atoms with van der Waals surface area (Å²) in [5.41, 5.74) is 0.999. The van der Waals surface area contributed by atoms with Gasteiger partial charge < -0.3 is 23.9 Å². The molecule has 0 radical (unpaired) electrons. The molecule has 0 saturated carbocycles. The predicted octanol–water partition coefficient (Wildman–Crippen LogP) is 4.94. The highest BCUT2D eigenvalue weighted by atomic mass is 16.5. The van der Waals surface area contributed by atoms with E-state index in [0.717, 1.165) is 0 Å². The summed E-state index contributed by atoms with van der Waals surface area (Å²) in [6.45, 7) is 4.75. The Balaban J connectivity index is 1.79. The fraction of sp³-hybridized carbons (Fsp3) is 0.259. The molecule has 1 aromatic heterocycles. The van der Waals surface area contributed by atoms with E-state index in [1.54, 1.807) is 60.7 Å². The van der Waals surface area contributed by atoms with Crippen molar-refractivity contribution in [2.45, 2.75) is 26.4 Å². The van der Waals surface area contributed by atoms with Crippen molar-refractivity contribution in [3.63, 3.8) is 0 Å². The van der Waals surface area contributed by atoms with Crippen molar-refractivity contribution >= 4 is 17.4 Å². The number of amides is 1. The van der Waals surface area contributed by atoms with Crippen molar-refractivity contribution < 1.29 is 28.6 Å². The van der Waals surface area contributed by atoms with Gasteiger partial charge in [-0.2, -0.15) is 0 Å². The van der Waals surface area contributed by atoms with Crippen molar-refractivity contribution in [2.24, 2.45) is 5.92 Å². The van der Waals surface area contributed by atoms with E-state index in [4.69, 9.17) is 13.9 Å². The van der Waals surface area contributed by atoms with Crippen molar-refractivity contribution in [3.05, 3.63) is 89.4 Å². The molecule has 7 nitrogen and oxygen atoms in total. The van der Waals surface area contributed by atoms with Crippen LogP contribution in [0.25, 0.3) is 5.76 Å². The minimum absolute atomic E-state index is 0.00287. The van der Waals surface area contributed by atoms with Crippen LogP contribution < -0.4 is 9.47 Å². The van der Waals surface area contributed by atoms with Crippen LogP contribution in [0, 0.1) is 5.92 Å². The SMILES string of the molecule is COc1ccccc1C1/C(=C(/O)c2ccc(OCC(C)C)cc2)C(=O)C(=O)N1Cc1ccco1. The number of furan rings is 1. The maximum Gasteiger partial charge on any atom is 0.296 e. The summed E-state index contributed by atoms with van der Waals surface area (Å²) in [7, 11) is 1.52. The zero-order valence-electron chi connectivity index (χ0n) is 19.4. The first-order valence-corrected chi connectivity index (χ1v) is 11.1. The van der Waals surface area contributed by atoms with Gasteiger partial charge in [0.15, 0.2) is 0 Å². The highest BCUT2D eigenvalue weighted by Crippen LogP contribution is 2.43. The maximum atomic E-state index is 13.2. The number of ketones is 1. The summed E-state index contributed by atoms with van der Waals surface area (Å²) in [6.07, 6.45) is 1.51. The standard InChI is InChI=1S/C27H27NO6/c1-17(2)16-34-19-12-10-18(11-13-19)25(29)23-24(21-8-4-5-9-22(21)32-3)28(27(31)26(23)30)15-20-7-6-14-33-20/h4-14,17,24,29H,15-16H2,1-3H3/b25-23-. The Kier molecular flexibility index (Phi) is 6.72. The third kappa shape index (κ3) is 4.55. The molecule has 7 heteroatoms. The van der Waals surface area contributed by atoms with E-state index in [-0.39, 0.29) is 17.9 Å². The quantitative estimate of drug-likeness (QED) is 0.290. The number of aliphatic hydroxyl groups is 1. The Bertz CT molecular complexity index is 1190. The zero-order chi connectivity index (χ0) is 24.2. The van der Waals surface area contributed by atoms with Crippen molar-refractivity contribution in [3.8, 4) is 11.5 Å². The van der Waals surface area contributed by atoms with Crippen LogP contribution in [0.1, 0.15) is 36.8 Å². The molecule has 1 atom stereocenters. The van der Waals surface area contributed by atoms with Gasteiger partial charge in [0.1, 0.15) is 23.0 Å². The summed E-state index contributed by atoms with van der Waals surface area (Å²) in [6, 6.07) is 16.5. The van der Waals surface area contributed by atoms with Crippen LogP contribution in [0.4, 0.5) is 0 Å². The Morgan fingerprint density at radius 2 is 1.79 bits per heavy atom. The number of Topliss-reactive ketones (excluding diaryl/α,β-unsaturated/α-hetero) is 1. The van der Waals surface area contributed by atoms with Crippen LogP contribution in [0.3, 0.4) is 0 Å². The lowest BCUT2D eigenvalue weighted by atomic mass is 9.94. The van der Waals surface area contributed by atoms with E-state index in [9.17, 15) is 14.7 Å². The number of hydrogen-bond acceptors (Lipinski definition) is 6. The Labute approximate surface area is 198 Å². The van der Waals surface area contributed by atoms with Gasteiger partial charge in [0, 0.05) is 11.1 Å². The number of carbonyl (C=O) groups is 2. The number of likely N-dealkylation sites (tertiary alicyclic amines) is 1. The first kappa shape index (κ1) is 23.2. The number of rotatable bonds is 8. The highest BCUT2D eigenvalue weighted by Gasteiger charge is 2.47. The van der Waals surface area contributed by atoms with Crippen LogP contribution >= 0.6 is 0 Å². The number of carbonyl (C=O) groups excluding carboxylic acids is 2. The van der Waals surface area contributed by atoms with Crippen LogP contribution in [-0.2, 0) is 16.1 Å². The van der Waals surface area contributed by atoms with E-state index < -0.39 is 17.7 Å². The monoisotopic (exact) mass is 461 g/mol. The minimum Gasteiger partial charge on any atom is -0.507 e. The van der Waals surface area contributed by atoms with Gasteiger partial charge in [-0.25, -0.2) is 0 Å². The number of hydrogen-bond donors (Lipinski definition) is 1. The van der Waals surface area contributed by atoms with E-state index in [2.05, 4.69) is 13.8 Å². The van der Waals surface area contributed by atoms with E-state index >= 15 is 0 Å². The highest BCUT2D eigenvalue weighted by molar-refractivity contribution is 6.46. The molecular weight excluding hydrogens is 434 g/mol. The van der Waals surface area contributed by atoms with E-state index in [1.165, 1.54) is 18.3 Å². The van der Waals surface area contributed by atoms with Gasteiger partial charge in [0.05, 0.1) is 38.1 Å². The van der Waals surface area contributed by atoms with Crippen LogP contribution in [-0.4, -0.2) is 35.4 Å². The molecule has 4 rings (SSSR count). The molecular formula is C27H27NO6. The number of nitrogens with zero attached hydrogens (tertiary/aromatic N) is 1. The van der Waals surface area contributed by atoms with Crippen LogP contribution in [0.2, 0.25) is 0 Å². The van der Waals surface area contributed by atoms with Crippen molar-refractivity contribution in [1.29, 1.82) is 0 Å². The second kappa shape index (κ2) is 9.87. The fourth-order valence-electron chi connectivity index (χ4n) is 3.96. The van der Waals surface area contributed by atoms with Crippen LogP contribution in [0.15, 0.2) is 76.9 Å². The largest absolute Gasteiger partial charge is 0.507 e. The molecule has 0 aliphatic carbocycles. The van der Waals surface area contributed by atoms with E-state index in [1.807, 2.05) is 0 Å². The normalized spacial score (nSPS) is 17.4. The zero-order valence-corrected chi connectivity index (χ0v) is 19.4. The first-order chi connectivity index (χ1) is 16.4. The van der Waals surface area contributed by atoms with Crippen molar-refractivity contribution in [1.82, 2.24) is 4.90 Å². The number of aliphatic hydroxyl groups excluding tert-OH is 1. The lowest BCUT2D eigenvalue weighted by molar-refractivity contribution is -0.140. The Morgan fingerprint density at radius 3 is 2.44 bits per heavy atom. The second-order valence-electron chi connectivity index (χ2n) is 8.48. The van der Waals surface area contributed by atoms with Gasteiger partial charge in [-0.05, 0) is 48.4 Å². The second-order valence-corrected chi connectivity index (χ2v) is 8.48. The van der Waals surface area contributed by atoms with Crippen LogP contribution in [0.5, 0.6) is 11.5 Å². The lowest BCUT2D eigenvalue weighted by Gasteiger charge is -2.25. The molecule has 0 spiro atoms. The summed E-state index contributed by atoms with van der Waals surface area (Å²) in [4.78, 5) is 27.7. The predicted molar refractivity (Wildman–Crippen MR) is 126 cm³/mol. The molecule has 1 fully saturated rings. The summed E-state index contributed by atoms with van der Waals surface area (Å²) in [5, 5.41) is 11.2. The molecule has 0 bridgehead atoms. The number of methoxy groups -OCH3 is 1. The maximum absolute atomic E-state index is 13.2. The van der Waals surface area contributed by atoms with Gasteiger partial charge in [0.25, 0.3) is 11.7 Å². The summed E-state index contributed by atoms with van der Waals surface area (Å²) >= 11 is 0. The van der Waals surface area contributed by atoms with Crippen molar-refractivity contribution in [2.75, 3.05) is 13.7 Å². The Morgan fingerprint density at radius 1 is 1.06 bits per heavy atom. The molecule has 1 saturated heterocycles. The first-order valence-electron chi connectivity index (χ1n) is 11.1. The molecule has 1 amide bonds. The van der Waals surface area contributed by atoms with Gasteiger partial charge in [-0.3, -0.25) is 9.59 Å². The Hall–Kier alpha value is -4.00. The summed E-state index contributed by atoms with van der Waals surface area (Å²) in [5.74, 6) is 0.317. The topological polar surface area (TPSA) is 89.2 Å². The molecule has 1 N–H and O–H groups in total. The third-order valence-corrected chi connectivity index (χ3v) is 5.59. The van der Waals surface area contributed by atoms with Gasteiger partial charge in [-0.1, -0.05) is 32.0 Å². The molecule has 34 heavy (non-hydrogen) atoms. The molecule has 2 aromatic carbocycles. The average Bonchev–Trinajstić information content (AvgIpc) is 3.45. The molecule has 3 aromatic rings. The summed E-state index contributed by atoms with van der Waals surface area (Å²) < 4.78 is 16.6. The van der Waals surface area contributed by atoms with Gasteiger partial charge >= 0.3 is 0 Å². The number of benzene rings is 2. The van der Waals surface area contributed by atoms with E-state index in [0.29, 0.717) is 40.9 Å². The number of ether oxygens (including phenoxy) is 2. The minimum atomic E-state index is -0.849. The molecule has 1 aliphatic heterocycles. The average molecular weight is 462 g/mol. The molecule has 1 aliphatic rings. The molecule has 2 heterocycles. The van der Waals surface area contributed by atoms with Gasteiger partial charge in [0.2, 0.25) is 0 Å².